The van der Waals surface area contributed by atoms with Crippen LogP contribution in [0, 0.1) is 0 Å². The van der Waals surface area contributed by atoms with Crippen molar-refractivity contribution in [1.29, 1.82) is 0 Å². The molecule has 0 unspecified atom stereocenters. The summed E-state index contributed by atoms with van der Waals surface area (Å²) in [6.45, 7) is 3.58. The van der Waals surface area contributed by atoms with Gasteiger partial charge >= 0.3 is 0 Å². The number of carbonyl (C=O) groups is 3. The Morgan fingerprint density at radius 3 is 2.62 bits per heavy atom. The first-order valence-corrected chi connectivity index (χ1v) is 7.90. The molecule has 6 heteroatoms. The Hall–Kier alpha value is -1.82. The van der Waals surface area contributed by atoms with E-state index >= 15 is 0 Å². The van der Waals surface area contributed by atoms with Gasteiger partial charge in [0.25, 0.3) is 0 Å². The van der Waals surface area contributed by atoms with Gasteiger partial charge in [-0.25, -0.2) is 0 Å². The van der Waals surface area contributed by atoms with E-state index in [0.29, 0.717) is 5.69 Å². The van der Waals surface area contributed by atoms with E-state index < -0.39 is 0 Å². The zero-order valence-corrected chi connectivity index (χ0v) is 12.9. The number of carbonyl (C=O) groups excluding carboxylic acids is 3. The number of thioether (sulfide) groups is 1. The zero-order chi connectivity index (χ0) is 15.4. The minimum absolute atomic E-state index is 0.224. The van der Waals surface area contributed by atoms with Crippen LogP contribution in [0.15, 0.2) is 24.3 Å². The largest absolute Gasteiger partial charge is 0.325 e. The molecule has 0 bridgehead atoms. The van der Waals surface area contributed by atoms with E-state index in [0.717, 1.165) is 11.3 Å². The van der Waals surface area contributed by atoms with Gasteiger partial charge in [0.05, 0.1) is 11.0 Å². The van der Waals surface area contributed by atoms with Gasteiger partial charge in [-0.2, -0.15) is 0 Å². The third-order valence-corrected chi connectivity index (χ3v) is 4.43. The summed E-state index contributed by atoms with van der Waals surface area (Å²) in [7, 11) is 0. The lowest BCUT2D eigenvalue weighted by molar-refractivity contribution is -0.145. The first-order chi connectivity index (χ1) is 10.0. The summed E-state index contributed by atoms with van der Waals surface area (Å²) in [5.41, 5.74) is 1.84. The fraction of sp³-hybridized carbons (Fsp3) is 0.400. The second-order valence-electron chi connectivity index (χ2n) is 4.87. The predicted molar refractivity (Wildman–Crippen MR) is 83.1 cm³/mol. The maximum absolute atomic E-state index is 12.0. The monoisotopic (exact) mass is 306 g/mol. The van der Waals surface area contributed by atoms with Gasteiger partial charge in [-0.3, -0.25) is 19.3 Å². The lowest BCUT2D eigenvalue weighted by Crippen LogP contribution is -2.49. The molecule has 1 heterocycles. The average Bonchev–Trinajstić information content (AvgIpc) is 2.48. The summed E-state index contributed by atoms with van der Waals surface area (Å²) >= 11 is 1.30. The van der Waals surface area contributed by atoms with Crippen molar-refractivity contribution in [2.45, 2.75) is 25.5 Å². The molecule has 1 aliphatic rings. The highest BCUT2D eigenvalue weighted by Crippen LogP contribution is 2.20. The molecule has 1 aromatic rings. The molecule has 1 saturated heterocycles. The molecule has 5 nitrogen and oxygen atoms in total. The smallest absolute Gasteiger partial charge is 0.244 e. The van der Waals surface area contributed by atoms with Crippen LogP contribution in [0.2, 0.25) is 0 Å². The molecule has 1 fully saturated rings. The number of hydrogen-bond acceptors (Lipinski definition) is 4. The minimum atomic E-state index is -0.361. The van der Waals surface area contributed by atoms with Crippen molar-refractivity contribution in [2.75, 3.05) is 17.6 Å². The molecule has 0 aromatic heterocycles. The lowest BCUT2D eigenvalue weighted by atomic mass is 10.1. The van der Waals surface area contributed by atoms with E-state index in [-0.39, 0.29) is 35.3 Å². The Kier molecular flexibility index (Phi) is 5.01. The number of benzene rings is 1. The molecule has 0 spiro atoms. The summed E-state index contributed by atoms with van der Waals surface area (Å²) in [5, 5.41) is 2.43. The van der Waals surface area contributed by atoms with Gasteiger partial charge in [0.15, 0.2) is 0 Å². The summed E-state index contributed by atoms with van der Waals surface area (Å²) in [5.74, 6) is -0.724. The highest BCUT2D eigenvalue weighted by atomic mass is 32.2. The molecule has 0 saturated carbocycles. The van der Waals surface area contributed by atoms with E-state index in [9.17, 15) is 14.4 Å². The normalized spacial score (nSPS) is 18.8. The van der Waals surface area contributed by atoms with Crippen LogP contribution in [0.1, 0.15) is 19.4 Å². The van der Waals surface area contributed by atoms with Gasteiger partial charge < -0.3 is 5.32 Å². The van der Waals surface area contributed by atoms with E-state index in [2.05, 4.69) is 12.2 Å². The second-order valence-corrected chi connectivity index (χ2v) is 6.20. The van der Waals surface area contributed by atoms with Crippen molar-refractivity contribution in [3.8, 4) is 0 Å². The van der Waals surface area contributed by atoms with Crippen molar-refractivity contribution in [2.24, 2.45) is 0 Å². The molecular formula is C15H18N2O3S. The SMILES string of the molecule is CCc1ccc(NC(=O)CN2C(=O)CS[C@@H](C)C2=O)cc1. The van der Waals surface area contributed by atoms with Gasteiger partial charge in [-0.15, -0.1) is 11.8 Å². The van der Waals surface area contributed by atoms with Crippen molar-refractivity contribution >= 4 is 35.2 Å². The second kappa shape index (κ2) is 6.76. The number of rotatable bonds is 4. The van der Waals surface area contributed by atoms with Crippen molar-refractivity contribution < 1.29 is 14.4 Å². The minimum Gasteiger partial charge on any atom is -0.325 e. The average molecular weight is 306 g/mol. The third-order valence-electron chi connectivity index (χ3n) is 3.32. The van der Waals surface area contributed by atoms with Crippen molar-refractivity contribution in [3.05, 3.63) is 29.8 Å². The first-order valence-electron chi connectivity index (χ1n) is 6.86. The van der Waals surface area contributed by atoms with Crippen molar-refractivity contribution in [3.63, 3.8) is 0 Å². The van der Waals surface area contributed by atoms with E-state index in [1.807, 2.05) is 24.3 Å². The third kappa shape index (κ3) is 3.85. The summed E-state index contributed by atoms with van der Waals surface area (Å²) < 4.78 is 0. The van der Waals surface area contributed by atoms with Gasteiger partial charge in [-0.1, -0.05) is 19.1 Å². The molecular weight excluding hydrogens is 288 g/mol. The Balaban J connectivity index is 1.97. The van der Waals surface area contributed by atoms with Crippen LogP contribution in [-0.2, 0) is 20.8 Å². The molecule has 1 N–H and O–H groups in total. The molecule has 1 aromatic carbocycles. The van der Waals surface area contributed by atoms with Crippen LogP contribution in [0.3, 0.4) is 0 Å². The first kappa shape index (κ1) is 15.6. The van der Waals surface area contributed by atoms with Gasteiger partial charge in [0.2, 0.25) is 17.7 Å². The topological polar surface area (TPSA) is 66.5 Å². The zero-order valence-electron chi connectivity index (χ0n) is 12.1. The maximum Gasteiger partial charge on any atom is 0.244 e. The Labute approximate surface area is 128 Å². The van der Waals surface area contributed by atoms with Gasteiger partial charge in [0, 0.05) is 5.69 Å². The van der Waals surface area contributed by atoms with E-state index in [4.69, 9.17) is 0 Å². The molecule has 112 valence electrons. The van der Waals surface area contributed by atoms with Crippen LogP contribution < -0.4 is 5.32 Å². The Morgan fingerprint density at radius 2 is 2.00 bits per heavy atom. The van der Waals surface area contributed by atoms with Crippen LogP contribution in [0.25, 0.3) is 0 Å². The number of nitrogens with zero attached hydrogens (tertiary/aromatic N) is 1. The van der Waals surface area contributed by atoms with Crippen LogP contribution in [0.5, 0.6) is 0 Å². The molecule has 2 rings (SSSR count). The van der Waals surface area contributed by atoms with Crippen LogP contribution >= 0.6 is 11.8 Å². The molecule has 3 amide bonds. The van der Waals surface area contributed by atoms with E-state index in [1.54, 1.807) is 6.92 Å². The summed E-state index contributed by atoms with van der Waals surface area (Å²) in [6.07, 6.45) is 0.931. The number of imide groups is 1. The van der Waals surface area contributed by atoms with Crippen LogP contribution in [0.4, 0.5) is 5.69 Å². The fourth-order valence-corrected chi connectivity index (χ4v) is 2.84. The highest BCUT2D eigenvalue weighted by molar-refractivity contribution is 8.01. The predicted octanol–water partition coefficient (Wildman–Crippen LogP) is 1.68. The standard InChI is InChI=1S/C15H18N2O3S/c1-3-11-4-6-12(7-5-11)16-13(18)8-17-14(19)9-21-10(2)15(17)20/h4-7,10H,3,8-9H2,1-2H3,(H,16,18)/t10-/m0/s1. The van der Waals surface area contributed by atoms with Crippen LogP contribution in [-0.4, -0.2) is 40.2 Å². The fourth-order valence-electron chi connectivity index (χ4n) is 2.02. The van der Waals surface area contributed by atoms with Crippen molar-refractivity contribution in [1.82, 2.24) is 4.90 Å². The number of amides is 3. The van der Waals surface area contributed by atoms with Gasteiger partial charge in [-0.05, 0) is 31.0 Å². The number of nitrogens with one attached hydrogen (secondary N) is 1. The molecule has 0 aliphatic carbocycles. The lowest BCUT2D eigenvalue weighted by Gasteiger charge is -2.27. The summed E-state index contributed by atoms with van der Waals surface area (Å²) in [4.78, 5) is 36.6. The summed E-state index contributed by atoms with van der Waals surface area (Å²) in [6, 6.07) is 7.50. The number of aryl methyl sites for hydroxylation is 1. The molecule has 1 atom stereocenters. The maximum atomic E-state index is 12.0. The number of hydrogen-bond donors (Lipinski definition) is 1. The van der Waals surface area contributed by atoms with Gasteiger partial charge in [0.1, 0.15) is 6.54 Å². The Bertz CT molecular complexity index is 557. The molecule has 0 radical (unpaired) electrons. The molecule has 1 aliphatic heterocycles. The number of anilines is 1. The molecule has 21 heavy (non-hydrogen) atoms. The highest BCUT2D eigenvalue weighted by Gasteiger charge is 2.33. The Morgan fingerprint density at radius 1 is 1.33 bits per heavy atom. The quantitative estimate of drug-likeness (QED) is 0.860. The van der Waals surface area contributed by atoms with E-state index in [1.165, 1.54) is 17.3 Å².